The van der Waals surface area contributed by atoms with Gasteiger partial charge in [0.25, 0.3) is 0 Å². The number of rotatable bonds is 1. The number of fused-ring (bicyclic) bond motifs is 5. The summed E-state index contributed by atoms with van der Waals surface area (Å²) in [5.74, 6) is 2.30. The molecule has 0 radical (unpaired) electrons. The van der Waals surface area contributed by atoms with Crippen molar-refractivity contribution in [3.63, 3.8) is 0 Å². The van der Waals surface area contributed by atoms with Gasteiger partial charge in [-0.1, -0.05) is 31.6 Å². The Labute approximate surface area is 138 Å². The molecule has 0 unspecified atom stereocenters. The Bertz CT molecular complexity index is 680. The van der Waals surface area contributed by atoms with E-state index in [1.807, 2.05) is 6.08 Å². The predicted molar refractivity (Wildman–Crippen MR) is 90.8 cm³/mol. The maximum absolute atomic E-state index is 12.1. The minimum absolute atomic E-state index is 0.0527. The standard InChI is InChI=1S/C21H26O2/c1-13(22)17-6-7-18-16-5-4-14-12-15(23)8-10-20(14,2)19(16)9-11-21(17,18)3/h6,8,10,12,16,18-19H,4-5,7,9,11H2,1-3H3/t16-,18-,19-,20+,21+/m0/s1. The van der Waals surface area contributed by atoms with Crippen LogP contribution in [0.5, 0.6) is 0 Å². The number of hydrogen-bond acceptors (Lipinski definition) is 2. The van der Waals surface area contributed by atoms with Crippen molar-refractivity contribution in [1.82, 2.24) is 0 Å². The first-order valence-electron chi connectivity index (χ1n) is 9.02. The molecule has 2 heteroatoms. The van der Waals surface area contributed by atoms with Crippen LogP contribution in [0.1, 0.15) is 52.9 Å². The zero-order valence-electron chi connectivity index (χ0n) is 14.4. The van der Waals surface area contributed by atoms with E-state index in [1.165, 1.54) is 12.0 Å². The van der Waals surface area contributed by atoms with Gasteiger partial charge in [-0.2, -0.15) is 0 Å². The smallest absolute Gasteiger partial charge is 0.178 e. The summed E-state index contributed by atoms with van der Waals surface area (Å²) >= 11 is 0. The summed E-state index contributed by atoms with van der Waals surface area (Å²) in [4.78, 5) is 23.8. The molecular formula is C21H26O2. The molecule has 0 saturated heterocycles. The number of Topliss-reactive ketones (excluding diaryl/α,β-unsaturated/α-hetero) is 1. The molecule has 2 nitrogen and oxygen atoms in total. The van der Waals surface area contributed by atoms with E-state index < -0.39 is 0 Å². The quantitative estimate of drug-likeness (QED) is 0.718. The van der Waals surface area contributed by atoms with Crippen molar-refractivity contribution in [1.29, 1.82) is 0 Å². The average molecular weight is 310 g/mol. The zero-order chi connectivity index (χ0) is 16.4. The Morgan fingerprint density at radius 2 is 2.00 bits per heavy atom. The first kappa shape index (κ1) is 15.1. The lowest BCUT2D eigenvalue weighted by molar-refractivity contribution is -0.116. The van der Waals surface area contributed by atoms with E-state index in [0.29, 0.717) is 17.8 Å². The van der Waals surface area contributed by atoms with Crippen LogP contribution in [-0.4, -0.2) is 11.6 Å². The van der Waals surface area contributed by atoms with Gasteiger partial charge in [0, 0.05) is 5.41 Å². The topological polar surface area (TPSA) is 34.1 Å². The molecule has 2 fully saturated rings. The maximum atomic E-state index is 12.1. The normalized spacial score (nSPS) is 44.8. The molecule has 122 valence electrons. The highest BCUT2D eigenvalue weighted by Gasteiger charge is 2.56. The van der Waals surface area contributed by atoms with Crippen LogP contribution in [0, 0.1) is 28.6 Å². The molecule has 0 spiro atoms. The van der Waals surface area contributed by atoms with Crippen LogP contribution in [0.2, 0.25) is 0 Å². The van der Waals surface area contributed by atoms with Crippen molar-refractivity contribution in [2.75, 3.05) is 0 Å². The minimum Gasteiger partial charge on any atom is -0.295 e. The summed E-state index contributed by atoms with van der Waals surface area (Å²) < 4.78 is 0. The van der Waals surface area contributed by atoms with E-state index in [9.17, 15) is 9.59 Å². The van der Waals surface area contributed by atoms with Crippen LogP contribution < -0.4 is 0 Å². The Kier molecular flexibility index (Phi) is 3.14. The summed E-state index contributed by atoms with van der Waals surface area (Å²) in [5, 5.41) is 0. The van der Waals surface area contributed by atoms with Crippen molar-refractivity contribution in [2.24, 2.45) is 28.6 Å². The number of ketones is 2. The van der Waals surface area contributed by atoms with Crippen LogP contribution in [0.25, 0.3) is 0 Å². The zero-order valence-corrected chi connectivity index (χ0v) is 14.4. The summed E-state index contributed by atoms with van der Waals surface area (Å²) in [5.41, 5.74) is 2.56. The van der Waals surface area contributed by atoms with E-state index in [0.717, 1.165) is 31.3 Å². The third kappa shape index (κ3) is 1.93. The Balaban J connectivity index is 1.69. The summed E-state index contributed by atoms with van der Waals surface area (Å²) in [6, 6.07) is 0. The van der Waals surface area contributed by atoms with Gasteiger partial charge in [-0.05, 0) is 79.9 Å². The highest BCUT2D eigenvalue weighted by Crippen LogP contribution is 2.64. The van der Waals surface area contributed by atoms with E-state index in [1.54, 1.807) is 13.0 Å². The largest absolute Gasteiger partial charge is 0.295 e. The minimum atomic E-state index is 0.0527. The molecule has 0 heterocycles. The van der Waals surface area contributed by atoms with Crippen LogP contribution in [-0.2, 0) is 9.59 Å². The fourth-order valence-corrected chi connectivity index (χ4v) is 6.31. The molecule has 0 bridgehead atoms. The van der Waals surface area contributed by atoms with Gasteiger partial charge in [0.2, 0.25) is 0 Å². The molecule has 0 aliphatic heterocycles. The van der Waals surface area contributed by atoms with Gasteiger partial charge >= 0.3 is 0 Å². The molecule has 23 heavy (non-hydrogen) atoms. The van der Waals surface area contributed by atoms with Gasteiger partial charge in [-0.25, -0.2) is 0 Å². The van der Waals surface area contributed by atoms with Crippen molar-refractivity contribution < 1.29 is 9.59 Å². The van der Waals surface area contributed by atoms with Gasteiger partial charge in [-0.3, -0.25) is 9.59 Å². The Hall–Kier alpha value is -1.44. The van der Waals surface area contributed by atoms with Crippen LogP contribution in [0.15, 0.2) is 35.5 Å². The highest BCUT2D eigenvalue weighted by molar-refractivity contribution is 6.01. The first-order chi connectivity index (χ1) is 10.9. The molecule has 4 aliphatic rings. The molecule has 2 saturated carbocycles. The summed E-state index contributed by atoms with van der Waals surface area (Å²) in [6.45, 7) is 6.38. The van der Waals surface area contributed by atoms with Gasteiger partial charge in [0.15, 0.2) is 11.6 Å². The summed E-state index contributed by atoms with van der Waals surface area (Å²) in [6.07, 6.45) is 13.6. The number of carbonyl (C=O) groups is 2. The molecular weight excluding hydrogens is 284 g/mol. The SMILES string of the molecule is CC(=O)C1=CC[C@H]2[C@@H]3CCC4=CC(=O)C=C[C@@]4(C)[C@H]3CC[C@]12C. The number of allylic oxidation sites excluding steroid dienone is 6. The van der Waals surface area contributed by atoms with Crippen molar-refractivity contribution >= 4 is 11.6 Å². The monoisotopic (exact) mass is 310 g/mol. The molecule has 5 atom stereocenters. The number of hydrogen-bond donors (Lipinski definition) is 0. The molecule has 0 N–H and O–H groups in total. The summed E-state index contributed by atoms with van der Waals surface area (Å²) in [7, 11) is 0. The van der Waals surface area contributed by atoms with Crippen LogP contribution in [0.4, 0.5) is 0 Å². The molecule has 0 aromatic carbocycles. The Morgan fingerprint density at radius 3 is 2.74 bits per heavy atom. The van der Waals surface area contributed by atoms with Crippen LogP contribution >= 0.6 is 0 Å². The van der Waals surface area contributed by atoms with E-state index in [2.05, 4.69) is 26.0 Å². The van der Waals surface area contributed by atoms with Crippen molar-refractivity contribution in [3.8, 4) is 0 Å². The molecule has 0 aromatic rings. The van der Waals surface area contributed by atoms with Gasteiger partial charge in [0.05, 0.1) is 0 Å². The van der Waals surface area contributed by atoms with Crippen molar-refractivity contribution in [3.05, 3.63) is 35.5 Å². The molecule has 0 amide bonds. The molecule has 0 aromatic heterocycles. The lowest BCUT2D eigenvalue weighted by Gasteiger charge is -2.56. The van der Waals surface area contributed by atoms with Crippen molar-refractivity contribution in [2.45, 2.75) is 52.9 Å². The first-order valence-corrected chi connectivity index (χ1v) is 9.02. The lowest BCUT2D eigenvalue weighted by atomic mass is 9.47. The fraction of sp³-hybridized carbons (Fsp3) is 0.619. The third-order valence-corrected chi connectivity index (χ3v) is 7.52. The van der Waals surface area contributed by atoms with Crippen LogP contribution in [0.3, 0.4) is 0 Å². The van der Waals surface area contributed by atoms with E-state index >= 15 is 0 Å². The van der Waals surface area contributed by atoms with E-state index in [-0.39, 0.29) is 22.4 Å². The second kappa shape index (κ2) is 4.78. The fourth-order valence-electron chi connectivity index (χ4n) is 6.31. The highest BCUT2D eigenvalue weighted by atomic mass is 16.1. The third-order valence-electron chi connectivity index (χ3n) is 7.52. The lowest BCUT2D eigenvalue weighted by Crippen LogP contribution is -2.49. The molecule has 4 aliphatic carbocycles. The average Bonchev–Trinajstić information content (AvgIpc) is 2.85. The Morgan fingerprint density at radius 1 is 1.22 bits per heavy atom. The van der Waals surface area contributed by atoms with E-state index in [4.69, 9.17) is 0 Å². The maximum Gasteiger partial charge on any atom is 0.178 e. The second-order valence-corrected chi connectivity index (χ2v) is 8.47. The second-order valence-electron chi connectivity index (χ2n) is 8.47. The van der Waals surface area contributed by atoms with Gasteiger partial charge < -0.3 is 0 Å². The number of carbonyl (C=O) groups excluding carboxylic acids is 2. The van der Waals surface area contributed by atoms with Gasteiger partial charge in [-0.15, -0.1) is 0 Å². The predicted octanol–water partition coefficient (Wildman–Crippen LogP) is 4.42. The molecule has 4 rings (SSSR count). The van der Waals surface area contributed by atoms with Gasteiger partial charge in [0.1, 0.15) is 0 Å².